The lowest BCUT2D eigenvalue weighted by atomic mass is 10.0. The van der Waals surface area contributed by atoms with Gasteiger partial charge in [0.05, 0.1) is 12.6 Å². The maximum Gasteiger partial charge on any atom is 0.234 e. The zero-order valence-corrected chi connectivity index (χ0v) is 12.8. The van der Waals surface area contributed by atoms with E-state index in [-0.39, 0.29) is 24.0 Å². The highest BCUT2D eigenvalue weighted by atomic mass is 16.2. The molecule has 1 aromatic rings. The van der Waals surface area contributed by atoms with E-state index in [1.54, 1.807) is 6.20 Å². The second kappa shape index (κ2) is 7.97. The van der Waals surface area contributed by atoms with Gasteiger partial charge < -0.3 is 11.1 Å². The van der Waals surface area contributed by atoms with Crippen molar-refractivity contribution in [3.05, 3.63) is 30.1 Å². The molecule has 1 rings (SSSR count). The van der Waals surface area contributed by atoms with E-state index in [1.165, 1.54) is 0 Å². The van der Waals surface area contributed by atoms with Gasteiger partial charge in [-0.1, -0.05) is 13.0 Å². The van der Waals surface area contributed by atoms with Crippen LogP contribution in [-0.4, -0.2) is 41.0 Å². The van der Waals surface area contributed by atoms with Crippen molar-refractivity contribution in [2.45, 2.75) is 45.8 Å². The van der Waals surface area contributed by atoms with Gasteiger partial charge >= 0.3 is 0 Å². The molecule has 1 aromatic heterocycles. The monoisotopic (exact) mass is 278 g/mol. The molecule has 1 amide bonds. The zero-order valence-electron chi connectivity index (χ0n) is 12.8. The molecule has 3 N–H and O–H groups in total. The summed E-state index contributed by atoms with van der Waals surface area (Å²) in [6.07, 6.45) is 3.56. The van der Waals surface area contributed by atoms with Crippen molar-refractivity contribution in [3.63, 3.8) is 0 Å². The smallest absolute Gasteiger partial charge is 0.234 e. The van der Waals surface area contributed by atoms with Crippen LogP contribution >= 0.6 is 0 Å². The fraction of sp³-hybridized carbons (Fsp3) is 0.600. The highest BCUT2D eigenvalue weighted by molar-refractivity contribution is 5.78. The van der Waals surface area contributed by atoms with Gasteiger partial charge in [0.25, 0.3) is 0 Å². The van der Waals surface area contributed by atoms with E-state index in [0.29, 0.717) is 6.54 Å². The van der Waals surface area contributed by atoms with Crippen molar-refractivity contribution in [1.82, 2.24) is 15.2 Å². The number of amides is 1. The number of hydrogen-bond donors (Lipinski definition) is 2. The molecule has 0 radical (unpaired) electrons. The highest BCUT2D eigenvalue weighted by Gasteiger charge is 2.25. The Balaban J connectivity index is 2.85. The molecular formula is C15H26N4O. The summed E-state index contributed by atoms with van der Waals surface area (Å²) in [7, 11) is 0. The number of carbonyl (C=O) groups excluding carboxylic acids is 1. The van der Waals surface area contributed by atoms with Gasteiger partial charge in [-0.05, 0) is 38.9 Å². The summed E-state index contributed by atoms with van der Waals surface area (Å²) < 4.78 is 0. The molecule has 5 heteroatoms. The van der Waals surface area contributed by atoms with Gasteiger partial charge in [-0.3, -0.25) is 14.7 Å². The first-order valence-electron chi connectivity index (χ1n) is 7.14. The molecule has 2 atom stereocenters. The van der Waals surface area contributed by atoms with Crippen LogP contribution in [0, 0.1) is 0 Å². The van der Waals surface area contributed by atoms with Crippen molar-refractivity contribution in [2.24, 2.45) is 5.73 Å². The second-order valence-electron chi connectivity index (χ2n) is 5.38. The first-order chi connectivity index (χ1) is 9.45. The number of aromatic nitrogens is 1. The first-order valence-corrected chi connectivity index (χ1v) is 7.14. The molecule has 0 spiro atoms. The zero-order chi connectivity index (χ0) is 15.1. The fourth-order valence-electron chi connectivity index (χ4n) is 2.36. The van der Waals surface area contributed by atoms with E-state index in [2.05, 4.69) is 15.2 Å². The molecule has 0 aliphatic rings. The Morgan fingerprint density at radius 1 is 1.45 bits per heavy atom. The van der Waals surface area contributed by atoms with Crippen LogP contribution in [0.5, 0.6) is 0 Å². The quantitative estimate of drug-likeness (QED) is 0.789. The lowest BCUT2D eigenvalue weighted by molar-refractivity contribution is -0.123. The maximum atomic E-state index is 12.0. The minimum Gasteiger partial charge on any atom is -0.353 e. The molecule has 0 fully saturated rings. The van der Waals surface area contributed by atoms with Crippen molar-refractivity contribution in [2.75, 3.05) is 13.1 Å². The highest BCUT2D eigenvalue weighted by Crippen LogP contribution is 2.22. The van der Waals surface area contributed by atoms with Gasteiger partial charge in [0.15, 0.2) is 0 Å². The van der Waals surface area contributed by atoms with Crippen LogP contribution < -0.4 is 11.1 Å². The molecule has 20 heavy (non-hydrogen) atoms. The Hall–Kier alpha value is -1.46. The molecule has 0 saturated heterocycles. The van der Waals surface area contributed by atoms with Crippen LogP contribution in [0.1, 0.15) is 39.3 Å². The average molecular weight is 278 g/mol. The van der Waals surface area contributed by atoms with Crippen molar-refractivity contribution >= 4 is 5.91 Å². The third-order valence-corrected chi connectivity index (χ3v) is 3.12. The van der Waals surface area contributed by atoms with E-state index in [4.69, 9.17) is 5.73 Å². The van der Waals surface area contributed by atoms with Crippen molar-refractivity contribution < 1.29 is 4.79 Å². The van der Waals surface area contributed by atoms with Gasteiger partial charge in [0.1, 0.15) is 0 Å². The van der Waals surface area contributed by atoms with E-state index >= 15 is 0 Å². The number of pyridine rings is 1. The molecule has 112 valence electrons. The predicted octanol–water partition coefficient (Wildman–Crippen LogP) is 1.32. The van der Waals surface area contributed by atoms with Gasteiger partial charge in [-0.25, -0.2) is 0 Å². The van der Waals surface area contributed by atoms with Crippen LogP contribution in [0.4, 0.5) is 0 Å². The van der Waals surface area contributed by atoms with E-state index in [0.717, 1.165) is 12.1 Å². The minimum atomic E-state index is -0.0778. The number of hydrogen-bond acceptors (Lipinski definition) is 4. The van der Waals surface area contributed by atoms with E-state index in [1.807, 2.05) is 46.0 Å². The van der Waals surface area contributed by atoms with Gasteiger partial charge in [0, 0.05) is 24.5 Å². The molecule has 0 saturated carbocycles. The number of rotatable bonds is 7. The number of nitrogens with zero attached hydrogens (tertiary/aromatic N) is 2. The van der Waals surface area contributed by atoms with Crippen molar-refractivity contribution in [1.29, 1.82) is 0 Å². The second-order valence-corrected chi connectivity index (χ2v) is 5.38. The largest absolute Gasteiger partial charge is 0.353 e. The summed E-state index contributed by atoms with van der Waals surface area (Å²) in [6.45, 7) is 9.01. The Morgan fingerprint density at radius 2 is 2.15 bits per heavy atom. The Kier molecular flexibility index (Phi) is 6.61. The minimum absolute atomic E-state index is 0.00777. The Labute approximate surface area is 121 Å². The van der Waals surface area contributed by atoms with Crippen LogP contribution in [0.25, 0.3) is 0 Å². The fourth-order valence-corrected chi connectivity index (χ4v) is 2.36. The Bertz CT molecular complexity index is 406. The third-order valence-electron chi connectivity index (χ3n) is 3.12. The molecule has 0 aliphatic carbocycles. The maximum absolute atomic E-state index is 12.0. The summed E-state index contributed by atoms with van der Waals surface area (Å²) in [5.74, 6) is 0.0244. The first kappa shape index (κ1) is 16.6. The average Bonchev–Trinajstić information content (AvgIpc) is 2.37. The summed E-state index contributed by atoms with van der Waals surface area (Å²) in [4.78, 5) is 18.2. The van der Waals surface area contributed by atoms with Crippen LogP contribution in [0.2, 0.25) is 0 Å². The molecule has 5 nitrogen and oxygen atoms in total. The summed E-state index contributed by atoms with van der Waals surface area (Å²) in [5.41, 5.74) is 7.16. The number of likely N-dealkylation sites (N-methyl/N-ethyl adjacent to an activating group) is 1. The van der Waals surface area contributed by atoms with Gasteiger partial charge in [0.2, 0.25) is 5.91 Å². The summed E-state index contributed by atoms with van der Waals surface area (Å²) in [6, 6.07) is 3.96. The SMILES string of the molecule is CCN(CC(=O)NC(C)C)C(c1cccnc1)C(C)N. The van der Waals surface area contributed by atoms with Crippen LogP contribution in [0.15, 0.2) is 24.5 Å². The Morgan fingerprint density at radius 3 is 2.60 bits per heavy atom. The van der Waals surface area contributed by atoms with Crippen LogP contribution in [0.3, 0.4) is 0 Å². The topological polar surface area (TPSA) is 71.2 Å². The van der Waals surface area contributed by atoms with E-state index < -0.39 is 0 Å². The molecule has 0 aliphatic heterocycles. The normalized spacial score (nSPS) is 14.3. The molecular weight excluding hydrogens is 252 g/mol. The van der Waals surface area contributed by atoms with Crippen molar-refractivity contribution in [3.8, 4) is 0 Å². The van der Waals surface area contributed by atoms with Crippen LogP contribution in [-0.2, 0) is 4.79 Å². The summed E-state index contributed by atoms with van der Waals surface area (Å²) in [5, 5.41) is 2.92. The lowest BCUT2D eigenvalue weighted by Crippen LogP contribution is -2.45. The molecule has 2 unspecified atom stereocenters. The summed E-state index contributed by atoms with van der Waals surface area (Å²) >= 11 is 0. The number of nitrogens with two attached hydrogens (primary N) is 1. The molecule has 0 bridgehead atoms. The van der Waals surface area contributed by atoms with E-state index in [9.17, 15) is 4.79 Å². The molecule has 1 heterocycles. The predicted molar refractivity (Wildman–Crippen MR) is 81.2 cm³/mol. The van der Waals surface area contributed by atoms with Gasteiger partial charge in [-0.2, -0.15) is 0 Å². The standard InChI is InChI=1S/C15H26N4O/c1-5-19(10-14(20)18-11(2)3)15(12(4)16)13-7-6-8-17-9-13/h6-9,11-12,15H,5,10,16H2,1-4H3,(H,18,20). The van der Waals surface area contributed by atoms with Gasteiger partial charge in [-0.15, -0.1) is 0 Å². The number of nitrogens with one attached hydrogen (secondary N) is 1. The molecule has 0 aromatic carbocycles. The third kappa shape index (κ3) is 4.90. The lowest BCUT2D eigenvalue weighted by Gasteiger charge is -2.33. The number of carbonyl (C=O) groups is 1.